The van der Waals surface area contributed by atoms with Gasteiger partial charge in [-0.1, -0.05) is 18.2 Å². The number of urea groups is 1. The second-order valence-corrected chi connectivity index (χ2v) is 8.98. The molecule has 4 aromatic rings. The molecular formula is C25H22N4O3S2. The molecule has 172 valence electrons. The molecular weight excluding hydrogens is 468 g/mol. The highest BCUT2D eigenvalue weighted by atomic mass is 32.2. The van der Waals surface area contributed by atoms with Gasteiger partial charge < -0.3 is 20.7 Å². The lowest BCUT2D eigenvalue weighted by Gasteiger charge is -2.08. The first-order valence-corrected chi connectivity index (χ1v) is 12.2. The molecule has 34 heavy (non-hydrogen) atoms. The molecule has 3 N–H and O–H groups in total. The van der Waals surface area contributed by atoms with Crippen molar-refractivity contribution in [3.05, 3.63) is 84.2 Å². The van der Waals surface area contributed by atoms with Gasteiger partial charge in [-0.25, -0.2) is 9.78 Å². The first kappa shape index (κ1) is 23.3. The number of amides is 3. The van der Waals surface area contributed by atoms with Crippen molar-refractivity contribution in [3.63, 3.8) is 0 Å². The summed E-state index contributed by atoms with van der Waals surface area (Å²) in [5.41, 5.74) is 3.14. The van der Waals surface area contributed by atoms with Crippen LogP contribution in [0.5, 0.6) is 5.75 Å². The van der Waals surface area contributed by atoms with Gasteiger partial charge in [0.25, 0.3) is 0 Å². The molecule has 0 fully saturated rings. The van der Waals surface area contributed by atoms with Gasteiger partial charge in [-0.15, -0.1) is 23.1 Å². The highest BCUT2D eigenvalue weighted by Gasteiger charge is 2.09. The molecule has 3 aromatic carbocycles. The van der Waals surface area contributed by atoms with E-state index in [-0.39, 0.29) is 17.7 Å². The molecule has 0 bridgehead atoms. The molecule has 1 heterocycles. The molecule has 0 radical (unpaired) electrons. The Balaban J connectivity index is 1.24. The minimum Gasteiger partial charge on any atom is -0.497 e. The number of nitrogens with one attached hydrogen (secondary N) is 3. The predicted molar refractivity (Wildman–Crippen MR) is 139 cm³/mol. The van der Waals surface area contributed by atoms with Crippen LogP contribution in [0, 0.1) is 0 Å². The van der Waals surface area contributed by atoms with Gasteiger partial charge in [0.2, 0.25) is 5.91 Å². The van der Waals surface area contributed by atoms with E-state index in [1.54, 1.807) is 19.2 Å². The first-order chi connectivity index (χ1) is 16.6. The summed E-state index contributed by atoms with van der Waals surface area (Å²) in [5, 5.41) is 10.9. The third-order valence-corrected chi connectivity index (χ3v) is 6.42. The average molecular weight is 491 g/mol. The van der Waals surface area contributed by atoms with Crippen LogP contribution in [0.3, 0.4) is 0 Å². The molecule has 0 aliphatic carbocycles. The largest absolute Gasteiger partial charge is 0.497 e. The van der Waals surface area contributed by atoms with Crippen LogP contribution in [0.4, 0.5) is 21.3 Å². The average Bonchev–Trinajstić information content (AvgIpc) is 3.32. The molecule has 1 aromatic heterocycles. The number of hydrogen-bond acceptors (Lipinski definition) is 6. The SMILES string of the molecule is COc1ccc(-c2csc(NC(=O)CSc3ccc(NC(=O)Nc4ccccc4)cc3)n2)cc1. The number of carbonyl (C=O) groups excluding carboxylic acids is 2. The molecule has 0 aliphatic rings. The fourth-order valence-electron chi connectivity index (χ4n) is 2.98. The number of nitrogens with zero attached hydrogens (tertiary/aromatic N) is 1. The molecule has 0 atom stereocenters. The van der Waals surface area contributed by atoms with Crippen LogP contribution in [0.1, 0.15) is 0 Å². The summed E-state index contributed by atoms with van der Waals surface area (Å²) >= 11 is 2.79. The van der Waals surface area contributed by atoms with Crippen LogP contribution >= 0.6 is 23.1 Å². The number of thiazole rings is 1. The van der Waals surface area contributed by atoms with Gasteiger partial charge in [-0.3, -0.25) is 4.79 Å². The Morgan fingerprint density at radius 2 is 1.56 bits per heavy atom. The van der Waals surface area contributed by atoms with Gasteiger partial charge in [0.05, 0.1) is 18.6 Å². The standard InChI is InChI=1S/C25H22N4O3S2/c1-32-20-11-7-17(8-12-20)22-15-34-25(28-22)29-23(30)16-33-21-13-9-19(10-14-21)27-24(31)26-18-5-3-2-4-6-18/h2-15H,16H2,1H3,(H2,26,27,31)(H,28,29,30). The van der Waals surface area contributed by atoms with E-state index in [0.717, 1.165) is 27.6 Å². The Morgan fingerprint density at radius 1 is 0.882 bits per heavy atom. The van der Waals surface area contributed by atoms with Crippen molar-refractivity contribution < 1.29 is 14.3 Å². The van der Waals surface area contributed by atoms with E-state index in [2.05, 4.69) is 20.9 Å². The van der Waals surface area contributed by atoms with E-state index in [1.807, 2.05) is 72.1 Å². The summed E-state index contributed by atoms with van der Waals surface area (Å²) < 4.78 is 5.17. The van der Waals surface area contributed by atoms with Crippen LogP contribution in [-0.4, -0.2) is 29.8 Å². The monoisotopic (exact) mass is 490 g/mol. The number of benzene rings is 3. The molecule has 7 nitrogen and oxygen atoms in total. The maximum atomic E-state index is 12.4. The number of ether oxygens (including phenoxy) is 1. The maximum absolute atomic E-state index is 12.4. The van der Waals surface area contributed by atoms with Crippen LogP contribution in [-0.2, 0) is 4.79 Å². The third kappa shape index (κ3) is 6.60. The van der Waals surface area contributed by atoms with Crippen molar-refractivity contribution in [1.82, 2.24) is 4.98 Å². The number of anilines is 3. The second-order valence-electron chi connectivity index (χ2n) is 7.07. The number of hydrogen-bond donors (Lipinski definition) is 3. The van der Waals surface area contributed by atoms with Gasteiger partial charge in [0, 0.05) is 27.2 Å². The number of rotatable bonds is 8. The van der Waals surface area contributed by atoms with E-state index >= 15 is 0 Å². The Kier molecular flexibility index (Phi) is 7.79. The molecule has 4 rings (SSSR count). The quantitative estimate of drug-likeness (QED) is 0.256. The van der Waals surface area contributed by atoms with E-state index < -0.39 is 0 Å². The van der Waals surface area contributed by atoms with E-state index in [9.17, 15) is 9.59 Å². The van der Waals surface area contributed by atoms with Gasteiger partial charge >= 0.3 is 6.03 Å². The fourth-order valence-corrected chi connectivity index (χ4v) is 4.41. The van der Waals surface area contributed by atoms with Gasteiger partial charge in [0.15, 0.2) is 5.13 Å². The molecule has 9 heteroatoms. The van der Waals surface area contributed by atoms with Crippen molar-refractivity contribution in [2.75, 3.05) is 28.8 Å². The smallest absolute Gasteiger partial charge is 0.323 e. The minimum absolute atomic E-state index is 0.134. The lowest BCUT2D eigenvalue weighted by Crippen LogP contribution is -2.19. The van der Waals surface area contributed by atoms with Crippen molar-refractivity contribution >= 4 is 51.5 Å². The normalized spacial score (nSPS) is 10.4. The maximum Gasteiger partial charge on any atom is 0.323 e. The fraction of sp³-hybridized carbons (Fsp3) is 0.0800. The molecule has 3 amide bonds. The zero-order valence-corrected chi connectivity index (χ0v) is 19.9. The Morgan fingerprint density at radius 3 is 2.24 bits per heavy atom. The van der Waals surface area contributed by atoms with Crippen LogP contribution < -0.4 is 20.7 Å². The van der Waals surface area contributed by atoms with E-state index in [0.29, 0.717) is 10.8 Å². The van der Waals surface area contributed by atoms with Crippen molar-refractivity contribution in [2.24, 2.45) is 0 Å². The van der Waals surface area contributed by atoms with Crippen molar-refractivity contribution in [2.45, 2.75) is 4.90 Å². The predicted octanol–water partition coefficient (Wildman–Crippen LogP) is 6.19. The van der Waals surface area contributed by atoms with Crippen LogP contribution in [0.25, 0.3) is 11.3 Å². The zero-order chi connectivity index (χ0) is 23.8. The van der Waals surface area contributed by atoms with E-state index in [1.165, 1.54) is 23.1 Å². The lowest BCUT2D eigenvalue weighted by atomic mass is 10.2. The molecule has 0 unspecified atom stereocenters. The Bertz CT molecular complexity index is 1240. The summed E-state index contributed by atoms with van der Waals surface area (Å²) in [6.07, 6.45) is 0. The molecule has 0 spiro atoms. The lowest BCUT2D eigenvalue weighted by molar-refractivity contribution is -0.113. The Labute approximate surface area is 205 Å². The van der Waals surface area contributed by atoms with Gasteiger partial charge in [0.1, 0.15) is 5.75 Å². The third-order valence-electron chi connectivity index (χ3n) is 4.65. The molecule has 0 saturated heterocycles. The molecule has 0 saturated carbocycles. The number of thioether (sulfide) groups is 1. The van der Waals surface area contributed by atoms with Gasteiger partial charge in [-0.05, 0) is 60.7 Å². The van der Waals surface area contributed by atoms with Crippen molar-refractivity contribution in [3.8, 4) is 17.0 Å². The van der Waals surface area contributed by atoms with Crippen molar-refractivity contribution in [1.29, 1.82) is 0 Å². The number of para-hydroxylation sites is 1. The summed E-state index contributed by atoms with van der Waals surface area (Å²) in [4.78, 5) is 29.8. The number of carbonyl (C=O) groups is 2. The highest BCUT2D eigenvalue weighted by molar-refractivity contribution is 8.00. The van der Waals surface area contributed by atoms with E-state index in [4.69, 9.17) is 4.74 Å². The van der Waals surface area contributed by atoms with Crippen LogP contribution in [0.15, 0.2) is 89.1 Å². The van der Waals surface area contributed by atoms with Gasteiger partial charge in [-0.2, -0.15) is 0 Å². The first-order valence-electron chi connectivity index (χ1n) is 10.3. The zero-order valence-electron chi connectivity index (χ0n) is 18.3. The Hall–Kier alpha value is -3.82. The summed E-state index contributed by atoms with van der Waals surface area (Å²) in [6, 6.07) is 23.8. The summed E-state index contributed by atoms with van der Waals surface area (Å²) in [5.74, 6) is 0.896. The summed E-state index contributed by atoms with van der Waals surface area (Å²) in [7, 11) is 1.63. The van der Waals surface area contributed by atoms with Crippen LogP contribution in [0.2, 0.25) is 0 Å². The number of methoxy groups -OCH3 is 1. The number of aromatic nitrogens is 1. The molecule has 0 aliphatic heterocycles. The minimum atomic E-state index is -0.316. The topological polar surface area (TPSA) is 92.4 Å². The second kappa shape index (κ2) is 11.4. The summed E-state index contributed by atoms with van der Waals surface area (Å²) in [6.45, 7) is 0. The highest BCUT2D eigenvalue weighted by Crippen LogP contribution is 2.27.